The Hall–Kier alpha value is -1.06. The van der Waals surface area contributed by atoms with Crippen molar-refractivity contribution >= 4 is 0 Å². The molecule has 0 aliphatic rings. The van der Waals surface area contributed by atoms with Crippen LogP contribution in [0.15, 0.2) is 18.2 Å². The molecule has 0 aliphatic heterocycles. The second kappa shape index (κ2) is 6.21. The van der Waals surface area contributed by atoms with E-state index in [0.29, 0.717) is 6.61 Å². The summed E-state index contributed by atoms with van der Waals surface area (Å²) in [4.78, 5) is 0. The molecule has 0 radical (unpaired) electrons. The van der Waals surface area contributed by atoms with Crippen LogP contribution in [0.5, 0.6) is 5.75 Å². The summed E-state index contributed by atoms with van der Waals surface area (Å²) < 4.78 is 11.1. The predicted octanol–water partition coefficient (Wildman–Crippen LogP) is 2.69. The average Bonchev–Trinajstić information content (AvgIpc) is 2.29. The minimum Gasteiger partial charge on any atom is -0.496 e. The first-order chi connectivity index (χ1) is 8.40. The first-order valence-electron chi connectivity index (χ1n) is 6.43. The molecule has 18 heavy (non-hydrogen) atoms. The molecule has 0 amide bonds. The van der Waals surface area contributed by atoms with Crippen molar-refractivity contribution in [2.24, 2.45) is 5.73 Å². The van der Waals surface area contributed by atoms with E-state index in [9.17, 15) is 0 Å². The third kappa shape index (κ3) is 3.72. The van der Waals surface area contributed by atoms with E-state index in [4.69, 9.17) is 15.2 Å². The van der Waals surface area contributed by atoms with Crippen molar-refractivity contribution in [3.05, 3.63) is 29.3 Å². The molecule has 1 aromatic carbocycles. The second-order valence-corrected chi connectivity index (χ2v) is 5.16. The summed E-state index contributed by atoms with van der Waals surface area (Å²) in [5.41, 5.74) is 8.28. The Balaban J connectivity index is 2.86. The van der Waals surface area contributed by atoms with Gasteiger partial charge in [0.05, 0.1) is 12.7 Å². The molecule has 2 N–H and O–H groups in total. The molecule has 3 heteroatoms. The van der Waals surface area contributed by atoms with E-state index >= 15 is 0 Å². The molecular formula is C15H25NO2. The van der Waals surface area contributed by atoms with E-state index in [2.05, 4.69) is 13.0 Å². The Kier molecular flexibility index (Phi) is 5.17. The molecule has 102 valence electrons. The van der Waals surface area contributed by atoms with Crippen LogP contribution in [0.25, 0.3) is 0 Å². The molecular weight excluding hydrogens is 226 g/mol. The van der Waals surface area contributed by atoms with Crippen molar-refractivity contribution in [3.63, 3.8) is 0 Å². The summed E-state index contributed by atoms with van der Waals surface area (Å²) in [6.45, 7) is 8.79. The maximum absolute atomic E-state index is 6.26. The molecule has 1 atom stereocenters. The maximum atomic E-state index is 6.26. The standard InChI is InChI=1S/C15H25NO2/c1-6-18-15(3,4)14(16)10-12-9-11(2)7-8-13(12)17-5/h7-9,14H,6,10,16H2,1-5H3. The van der Waals surface area contributed by atoms with Crippen molar-refractivity contribution in [1.82, 2.24) is 0 Å². The highest BCUT2D eigenvalue weighted by molar-refractivity contribution is 5.37. The molecule has 0 bridgehead atoms. The number of nitrogens with two attached hydrogens (primary N) is 1. The quantitative estimate of drug-likeness (QED) is 0.845. The highest BCUT2D eigenvalue weighted by Gasteiger charge is 2.27. The number of aryl methyl sites for hydroxylation is 1. The van der Waals surface area contributed by atoms with Crippen molar-refractivity contribution in [1.29, 1.82) is 0 Å². The number of ether oxygens (including phenoxy) is 2. The van der Waals surface area contributed by atoms with Gasteiger partial charge in [-0.3, -0.25) is 0 Å². The van der Waals surface area contributed by atoms with Gasteiger partial charge in [-0.05, 0) is 45.7 Å². The van der Waals surface area contributed by atoms with Crippen LogP contribution in [0.3, 0.4) is 0 Å². The number of rotatable bonds is 6. The van der Waals surface area contributed by atoms with Crippen LogP contribution in [0, 0.1) is 6.92 Å². The van der Waals surface area contributed by atoms with E-state index < -0.39 is 0 Å². The van der Waals surface area contributed by atoms with Gasteiger partial charge in [-0.15, -0.1) is 0 Å². The highest BCUT2D eigenvalue weighted by Crippen LogP contribution is 2.24. The van der Waals surface area contributed by atoms with Gasteiger partial charge in [0, 0.05) is 12.6 Å². The van der Waals surface area contributed by atoms with Crippen LogP contribution < -0.4 is 10.5 Å². The van der Waals surface area contributed by atoms with E-state index in [-0.39, 0.29) is 11.6 Å². The van der Waals surface area contributed by atoms with Crippen LogP contribution in [-0.2, 0) is 11.2 Å². The van der Waals surface area contributed by atoms with Gasteiger partial charge in [-0.2, -0.15) is 0 Å². The third-order valence-corrected chi connectivity index (χ3v) is 3.29. The molecule has 1 aromatic rings. The number of hydrogen-bond acceptors (Lipinski definition) is 3. The Morgan fingerprint density at radius 3 is 2.56 bits per heavy atom. The van der Waals surface area contributed by atoms with Gasteiger partial charge in [-0.25, -0.2) is 0 Å². The zero-order chi connectivity index (χ0) is 13.8. The van der Waals surface area contributed by atoms with Crippen molar-refractivity contribution in [2.75, 3.05) is 13.7 Å². The molecule has 0 aromatic heterocycles. The lowest BCUT2D eigenvalue weighted by molar-refractivity contribution is -0.0289. The van der Waals surface area contributed by atoms with Crippen molar-refractivity contribution < 1.29 is 9.47 Å². The van der Waals surface area contributed by atoms with Gasteiger partial charge in [0.15, 0.2) is 0 Å². The van der Waals surface area contributed by atoms with Crippen LogP contribution in [0.1, 0.15) is 31.9 Å². The maximum Gasteiger partial charge on any atom is 0.122 e. The SMILES string of the molecule is CCOC(C)(C)C(N)Cc1cc(C)ccc1OC. The monoisotopic (exact) mass is 251 g/mol. The summed E-state index contributed by atoms with van der Waals surface area (Å²) in [7, 11) is 1.69. The normalized spacial score (nSPS) is 13.4. The van der Waals surface area contributed by atoms with E-state index in [0.717, 1.165) is 17.7 Å². The molecule has 0 heterocycles. The fraction of sp³-hybridized carbons (Fsp3) is 0.600. The summed E-state index contributed by atoms with van der Waals surface area (Å²) in [6, 6.07) is 6.10. The largest absolute Gasteiger partial charge is 0.496 e. The smallest absolute Gasteiger partial charge is 0.122 e. The molecule has 0 spiro atoms. The Bertz CT molecular complexity index is 388. The lowest BCUT2D eigenvalue weighted by Crippen LogP contribution is -2.46. The van der Waals surface area contributed by atoms with Gasteiger partial charge in [0.2, 0.25) is 0 Å². The van der Waals surface area contributed by atoms with Crippen LogP contribution >= 0.6 is 0 Å². The molecule has 1 rings (SSSR count). The molecule has 0 saturated carbocycles. The lowest BCUT2D eigenvalue weighted by atomic mass is 9.92. The first-order valence-corrected chi connectivity index (χ1v) is 6.43. The highest BCUT2D eigenvalue weighted by atomic mass is 16.5. The zero-order valence-corrected chi connectivity index (χ0v) is 12.1. The van der Waals surface area contributed by atoms with Crippen LogP contribution in [-0.4, -0.2) is 25.4 Å². The Labute approximate surface area is 110 Å². The van der Waals surface area contributed by atoms with Crippen molar-refractivity contribution in [3.8, 4) is 5.75 Å². The molecule has 0 saturated heterocycles. The molecule has 0 aliphatic carbocycles. The number of methoxy groups -OCH3 is 1. The van der Waals surface area contributed by atoms with Gasteiger partial charge >= 0.3 is 0 Å². The summed E-state index contributed by atoms with van der Waals surface area (Å²) >= 11 is 0. The fourth-order valence-corrected chi connectivity index (χ4v) is 2.03. The van der Waals surface area contributed by atoms with Gasteiger partial charge in [0.25, 0.3) is 0 Å². The number of benzene rings is 1. The lowest BCUT2D eigenvalue weighted by Gasteiger charge is -2.31. The topological polar surface area (TPSA) is 44.5 Å². The average molecular weight is 251 g/mol. The summed E-state index contributed by atoms with van der Waals surface area (Å²) in [5.74, 6) is 0.892. The predicted molar refractivity (Wildman–Crippen MR) is 75.1 cm³/mol. The van der Waals surface area contributed by atoms with E-state index in [1.807, 2.05) is 32.9 Å². The van der Waals surface area contributed by atoms with Crippen LogP contribution in [0.2, 0.25) is 0 Å². The van der Waals surface area contributed by atoms with Gasteiger partial charge in [-0.1, -0.05) is 17.7 Å². The second-order valence-electron chi connectivity index (χ2n) is 5.16. The van der Waals surface area contributed by atoms with Gasteiger partial charge in [0.1, 0.15) is 5.75 Å². The molecule has 0 fully saturated rings. The van der Waals surface area contributed by atoms with Gasteiger partial charge < -0.3 is 15.2 Å². The third-order valence-electron chi connectivity index (χ3n) is 3.29. The summed E-state index contributed by atoms with van der Waals surface area (Å²) in [5, 5.41) is 0. The summed E-state index contributed by atoms with van der Waals surface area (Å²) in [6.07, 6.45) is 0.748. The van der Waals surface area contributed by atoms with Crippen molar-refractivity contribution in [2.45, 2.75) is 45.8 Å². The zero-order valence-electron chi connectivity index (χ0n) is 12.1. The first kappa shape index (κ1) is 15.0. The van der Waals surface area contributed by atoms with E-state index in [1.165, 1.54) is 5.56 Å². The minimum atomic E-state index is -0.330. The molecule has 1 unspecified atom stereocenters. The molecule has 3 nitrogen and oxygen atoms in total. The fourth-order valence-electron chi connectivity index (χ4n) is 2.03. The van der Waals surface area contributed by atoms with Crippen LogP contribution in [0.4, 0.5) is 0 Å². The van der Waals surface area contributed by atoms with E-state index in [1.54, 1.807) is 7.11 Å². The Morgan fingerprint density at radius 2 is 2.00 bits per heavy atom. The minimum absolute atomic E-state index is 0.0619. The Morgan fingerprint density at radius 1 is 1.33 bits per heavy atom. The number of hydrogen-bond donors (Lipinski definition) is 1.